The summed E-state index contributed by atoms with van der Waals surface area (Å²) in [5.41, 5.74) is 3.33. The average molecular weight is 526 g/mol. The maximum Gasteiger partial charge on any atom is 0.247 e. The molecule has 3 aliphatic rings. The second-order valence-corrected chi connectivity index (χ2v) is 11.6. The monoisotopic (exact) mass is 525 g/mol. The number of aryl methyl sites for hydroxylation is 1. The molecule has 5 rings (SSSR count). The molecule has 0 atom stereocenters. The van der Waals surface area contributed by atoms with Crippen LogP contribution in [0.3, 0.4) is 0 Å². The number of benzene rings is 2. The van der Waals surface area contributed by atoms with Crippen molar-refractivity contribution >= 4 is 29.7 Å². The molecule has 2 aromatic carbocycles. The third-order valence-electron chi connectivity index (χ3n) is 7.76. The molecular weight excluding hydrogens is 492 g/mol. The summed E-state index contributed by atoms with van der Waals surface area (Å²) in [5.74, 6) is -0.580. The van der Waals surface area contributed by atoms with Gasteiger partial charge >= 0.3 is 0 Å². The van der Waals surface area contributed by atoms with E-state index in [0.717, 1.165) is 44.3 Å². The number of carbonyl (C=O) groups excluding carboxylic acids is 2. The van der Waals surface area contributed by atoms with Gasteiger partial charge in [0, 0.05) is 36.5 Å². The summed E-state index contributed by atoms with van der Waals surface area (Å²) >= 11 is 2.13. The van der Waals surface area contributed by atoms with Gasteiger partial charge in [-0.25, -0.2) is 8.78 Å². The van der Waals surface area contributed by atoms with Gasteiger partial charge in [-0.15, -0.1) is 11.8 Å². The lowest BCUT2D eigenvalue weighted by Gasteiger charge is -2.45. The Kier molecular flexibility index (Phi) is 7.95. The lowest BCUT2D eigenvalue weighted by atomic mass is 9.84. The van der Waals surface area contributed by atoms with Crippen molar-refractivity contribution in [1.29, 1.82) is 0 Å². The van der Waals surface area contributed by atoms with E-state index in [2.05, 4.69) is 40.9 Å². The maximum absolute atomic E-state index is 13.3. The number of thioether (sulfide) groups is 1. The van der Waals surface area contributed by atoms with Gasteiger partial charge in [-0.3, -0.25) is 9.59 Å². The van der Waals surface area contributed by atoms with Gasteiger partial charge in [-0.1, -0.05) is 24.3 Å². The number of hydrogen-bond donors (Lipinski definition) is 0. The molecule has 0 bridgehead atoms. The molecule has 0 unspecified atom stereocenters. The maximum atomic E-state index is 13.3. The normalized spacial score (nSPS) is 20.0. The average Bonchev–Trinajstić information content (AvgIpc) is 2.89. The van der Waals surface area contributed by atoms with Crippen LogP contribution in [0.4, 0.5) is 8.78 Å². The molecule has 2 amide bonds. The number of rotatable bonds is 6. The third kappa shape index (κ3) is 6.07. The van der Waals surface area contributed by atoms with Crippen molar-refractivity contribution in [2.75, 3.05) is 51.6 Å². The van der Waals surface area contributed by atoms with E-state index in [9.17, 15) is 18.4 Å². The predicted molar refractivity (Wildman–Crippen MR) is 143 cm³/mol. The van der Waals surface area contributed by atoms with E-state index in [0.29, 0.717) is 19.6 Å². The van der Waals surface area contributed by atoms with Gasteiger partial charge in [0.2, 0.25) is 11.8 Å². The van der Waals surface area contributed by atoms with Crippen LogP contribution >= 0.6 is 11.8 Å². The fourth-order valence-corrected chi connectivity index (χ4v) is 7.27. The molecule has 5 nitrogen and oxygen atoms in total. The van der Waals surface area contributed by atoms with Crippen molar-refractivity contribution in [1.82, 2.24) is 14.7 Å². The minimum absolute atomic E-state index is 0.0313. The summed E-state index contributed by atoms with van der Waals surface area (Å²) in [6.45, 7) is 4.82. The summed E-state index contributed by atoms with van der Waals surface area (Å²) in [4.78, 5) is 31.0. The molecule has 37 heavy (non-hydrogen) atoms. The Morgan fingerprint density at radius 2 is 1.76 bits per heavy atom. The first-order valence-electron chi connectivity index (χ1n) is 13.1. The Bertz CT molecular complexity index is 1160. The molecule has 0 aromatic heterocycles. The van der Waals surface area contributed by atoms with Crippen molar-refractivity contribution in [2.45, 2.75) is 30.4 Å². The van der Waals surface area contributed by atoms with Crippen LogP contribution in [0.1, 0.15) is 36.0 Å². The molecule has 0 saturated carbocycles. The van der Waals surface area contributed by atoms with Crippen LogP contribution in [-0.2, 0) is 20.8 Å². The third-order valence-corrected chi connectivity index (χ3v) is 9.35. The van der Waals surface area contributed by atoms with Crippen LogP contribution < -0.4 is 0 Å². The van der Waals surface area contributed by atoms with E-state index in [4.69, 9.17) is 0 Å². The van der Waals surface area contributed by atoms with Gasteiger partial charge in [-0.05, 0) is 86.0 Å². The molecule has 3 aliphatic heterocycles. The molecule has 2 saturated heterocycles. The molecule has 8 heteroatoms. The van der Waals surface area contributed by atoms with Gasteiger partial charge in [-0.2, -0.15) is 0 Å². The number of nitrogens with zero attached hydrogens (tertiary/aromatic N) is 3. The summed E-state index contributed by atoms with van der Waals surface area (Å²) in [6, 6.07) is 12.0. The number of carbonyl (C=O) groups is 2. The SMILES string of the molecule is O=C(/C=C/c1cc(F)cc(F)c1)N1CCN(CCCN2CCC3(CC2)SCCc2ccccc23)C(=O)C1. The van der Waals surface area contributed by atoms with Crippen molar-refractivity contribution < 1.29 is 18.4 Å². The van der Waals surface area contributed by atoms with Gasteiger partial charge in [0.1, 0.15) is 18.2 Å². The van der Waals surface area contributed by atoms with Crippen molar-refractivity contribution in [3.05, 3.63) is 76.9 Å². The highest BCUT2D eigenvalue weighted by Crippen LogP contribution is 2.49. The first kappa shape index (κ1) is 25.9. The molecule has 0 N–H and O–H groups in total. The van der Waals surface area contributed by atoms with Crippen molar-refractivity contribution in [2.24, 2.45) is 0 Å². The zero-order chi connectivity index (χ0) is 25.8. The first-order valence-corrected chi connectivity index (χ1v) is 14.1. The van der Waals surface area contributed by atoms with E-state index >= 15 is 0 Å². The Labute approximate surface area is 221 Å². The van der Waals surface area contributed by atoms with E-state index in [-0.39, 0.29) is 28.7 Å². The highest BCUT2D eigenvalue weighted by molar-refractivity contribution is 8.00. The Morgan fingerprint density at radius 1 is 1.00 bits per heavy atom. The zero-order valence-corrected chi connectivity index (χ0v) is 21.8. The summed E-state index contributed by atoms with van der Waals surface area (Å²) < 4.78 is 26.9. The largest absolute Gasteiger partial charge is 0.339 e. The van der Waals surface area contributed by atoms with Crippen LogP contribution in [0.5, 0.6) is 0 Å². The topological polar surface area (TPSA) is 43.9 Å². The minimum Gasteiger partial charge on any atom is -0.339 e. The molecule has 0 radical (unpaired) electrons. The minimum atomic E-state index is -0.696. The number of amides is 2. The zero-order valence-electron chi connectivity index (χ0n) is 21.0. The number of piperazine rings is 1. The van der Waals surface area contributed by atoms with Crippen LogP contribution in [0.2, 0.25) is 0 Å². The molecule has 0 aliphatic carbocycles. The lowest BCUT2D eigenvalue weighted by molar-refractivity contribution is -0.142. The standard InChI is InChI=1S/C29H33F2N3O2S/c30-24-18-22(19-25(31)20-24)6-7-27(35)34-16-15-33(28(36)21-34)12-3-11-32-13-9-29(10-14-32)26-5-2-1-4-23(26)8-17-37-29/h1-2,4-7,18-20H,3,8-17,21H2/b7-6+. The Balaban J connectivity index is 1.05. The molecule has 1 spiro atoms. The van der Waals surface area contributed by atoms with E-state index in [1.165, 1.54) is 47.6 Å². The van der Waals surface area contributed by atoms with Gasteiger partial charge in [0.05, 0.1) is 0 Å². The smallest absolute Gasteiger partial charge is 0.247 e. The van der Waals surface area contributed by atoms with E-state index in [1.54, 1.807) is 5.56 Å². The molecule has 196 valence electrons. The number of piperidine rings is 1. The van der Waals surface area contributed by atoms with Gasteiger partial charge < -0.3 is 14.7 Å². The number of hydrogen-bond acceptors (Lipinski definition) is 4. The highest BCUT2D eigenvalue weighted by atomic mass is 32.2. The first-order chi connectivity index (χ1) is 17.9. The second-order valence-electron chi connectivity index (χ2n) is 10.1. The molecule has 3 heterocycles. The fourth-order valence-electron chi connectivity index (χ4n) is 5.73. The second kappa shape index (κ2) is 11.4. The highest BCUT2D eigenvalue weighted by Gasteiger charge is 2.39. The van der Waals surface area contributed by atoms with Gasteiger partial charge in [0.15, 0.2) is 0 Å². The van der Waals surface area contributed by atoms with Crippen molar-refractivity contribution in [3.8, 4) is 0 Å². The van der Waals surface area contributed by atoms with E-state index < -0.39 is 11.6 Å². The number of fused-ring (bicyclic) bond motifs is 2. The molecule has 2 aromatic rings. The van der Waals surface area contributed by atoms with Crippen LogP contribution in [0.25, 0.3) is 6.08 Å². The van der Waals surface area contributed by atoms with Crippen LogP contribution in [0, 0.1) is 11.6 Å². The number of likely N-dealkylation sites (tertiary alicyclic amines) is 1. The summed E-state index contributed by atoms with van der Waals surface area (Å²) in [6.07, 6.45) is 7.07. The molecule has 2 fully saturated rings. The lowest BCUT2D eigenvalue weighted by Crippen LogP contribution is -2.52. The van der Waals surface area contributed by atoms with Crippen molar-refractivity contribution in [3.63, 3.8) is 0 Å². The van der Waals surface area contributed by atoms with Crippen LogP contribution in [-0.4, -0.2) is 78.1 Å². The molecular formula is C29H33F2N3O2S. The summed E-state index contributed by atoms with van der Waals surface area (Å²) in [7, 11) is 0. The Morgan fingerprint density at radius 3 is 2.51 bits per heavy atom. The quantitative estimate of drug-likeness (QED) is 0.527. The van der Waals surface area contributed by atoms with Crippen LogP contribution in [0.15, 0.2) is 48.5 Å². The fraction of sp³-hybridized carbons (Fsp3) is 0.448. The predicted octanol–water partition coefficient (Wildman–Crippen LogP) is 4.32. The Hall–Kier alpha value is -2.71. The summed E-state index contributed by atoms with van der Waals surface area (Å²) in [5, 5.41) is 0. The van der Waals surface area contributed by atoms with E-state index in [1.807, 2.05) is 4.90 Å². The number of halogens is 2. The van der Waals surface area contributed by atoms with Gasteiger partial charge in [0.25, 0.3) is 0 Å².